The van der Waals surface area contributed by atoms with Crippen LogP contribution in [-0.2, 0) is 27.6 Å². The first-order valence-corrected chi connectivity index (χ1v) is 12.2. The Balaban J connectivity index is 1.67. The van der Waals surface area contributed by atoms with Gasteiger partial charge >= 0.3 is 0 Å². The first-order valence-electron chi connectivity index (χ1n) is 9.94. The van der Waals surface area contributed by atoms with E-state index in [-0.39, 0.29) is 6.04 Å². The third-order valence-electron chi connectivity index (χ3n) is 5.36. The summed E-state index contributed by atoms with van der Waals surface area (Å²) in [6.07, 6.45) is 0.582. The van der Waals surface area contributed by atoms with Gasteiger partial charge in [0.15, 0.2) is 0 Å². The number of ether oxygens (including phenoxy) is 1. The highest BCUT2D eigenvalue weighted by Crippen LogP contribution is 2.31. The highest BCUT2D eigenvalue weighted by atomic mass is 79.9. The molecule has 1 aliphatic heterocycles. The predicted molar refractivity (Wildman–Crippen MR) is 122 cm³/mol. The number of hydrogen-bond acceptors (Lipinski definition) is 3. The molecule has 1 saturated heterocycles. The van der Waals surface area contributed by atoms with Crippen LogP contribution >= 0.6 is 15.9 Å². The number of hydrogen-bond donors (Lipinski definition) is 0. The Morgan fingerprint density at radius 1 is 0.900 bits per heavy atom. The Morgan fingerprint density at radius 3 is 2.20 bits per heavy atom. The molecule has 1 aliphatic rings. The van der Waals surface area contributed by atoms with Gasteiger partial charge in [-0.3, -0.25) is 0 Å². The number of rotatable bonds is 6. The molecule has 0 aromatic heterocycles. The maximum absolute atomic E-state index is 13.6. The molecule has 3 aromatic rings. The maximum atomic E-state index is 13.6. The first-order chi connectivity index (χ1) is 14.4. The monoisotopic (exact) mass is 485 g/mol. The Kier molecular flexibility index (Phi) is 6.39. The molecule has 0 saturated carbocycles. The van der Waals surface area contributed by atoms with Crippen molar-refractivity contribution in [3.8, 4) is 0 Å². The fraction of sp³-hybridized carbons (Fsp3) is 0.250. The molecular weight excluding hydrogens is 462 g/mol. The zero-order valence-corrected chi connectivity index (χ0v) is 19.1. The van der Waals surface area contributed by atoms with E-state index in [0.717, 1.165) is 21.2 Å². The summed E-state index contributed by atoms with van der Waals surface area (Å²) >= 11 is 3.45. The Morgan fingerprint density at radius 2 is 1.53 bits per heavy atom. The topological polar surface area (TPSA) is 46.6 Å². The van der Waals surface area contributed by atoms with E-state index in [1.54, 1.807) is 16.4 Å². The Labute approximate surface area is 186 Å². The smallest absolute Gasteiger partial charge is 0.245 e. The molecule has 3 aromatic carbocycles. The quantitative estimate of drug-likeness (QED) is 0.495. The van der Waals surface area contributed by atoms with Gasteiger partial charge in [-0.25, -0.2) is 8.42 Å². The standard InChI is InChI=1S/C24H24BrNO3S/c1-18-7-13-23(14-8-18)30(27,28)26-22(15-19-5-3-2-4-6-19)17-29-24(26)16-20-9-11-21(25)12-10-20/h2-14,22,24H,15-17H2,1H3/t22-,24-/m0/s1. The summed E-state index contributed by atoms with van der Waals surface area (Å²) in [4.78, 5) is 0.303. The summed E-state index contributed by atoms with van der Waals surface area (Å²) < 4.78 is 35.9. The highest BCUT2D eigenvalue weighted by molar-refractivity contribution is 9.10. The summed E-state index contributed by atoms with van der Waals surface area (Å²) in [5.74, 6) is 0. The molecule has 6 heteroatoms. The van der Waals surface area contributed by atoms with Gasteiger partial charge in [-0.1, -0.05) is 76.1 Å². The van der Waals surface area contributed by atoms with E-state index in [1.165, 1.54) is 0 Å². The molecule has 30 heavy (non-hydrogen) atoms. The molecular formula is C24H24BrNO3S. The third-order valence-corrected chi connectivity index (χ3v) is 7.84. The predicted octanol–water partition coefficient (Wildman–Crippen LogP) is 4.96. The highest BCUT2D eigenvalue weighted by Gasteiger charge is 2.43. The van der Waals surface area contributed by atoms with Crippen LogP contribution in [0.25, 0.3) is 0 Å². The van der Waals surface area contributed by atoms with Crippen molar-refractivity contribution in [3.63, 3.8) is 0 Å². The lowest BCUT2D eigenvalue weighted by molar-refractivity contribution is 0.0688. The van der Waals surface area contributed by atoms with Crippen molar-refractivity contribution < 1.29 is 13.2 Å². The van der Waals surface area contributed by atoms with Crippen molar-refractivity contribution >= 4 is 26.0 Å². The Hall–Kier alpha value is -1.99. The van der Waals surface area contributed by atoms with Crippen LogP contribution in [0.3, 0.4) is 0 Å². The minimum Gasteiger partial charge on any atom is -0.360 e. The van der Waals surface area contributed by atoms with Crippen LogP contribution in [-0.4, -0.2) is 31.6 Å². The molecule has 0 aliphatic carbocycles. The van der Waals surface area contributed by atoms with E-state index < -0.39 is 16.3 Å². The molecule has 0 unspecified atom stereocenters. The van der Waals surface area contributed by atoms with Crippen molar-refractivity contribution in [3.05, 3.63) is 100 Å². The molecule has 0 spiro atoms. The van der Waals surface area contributed by atoms with E-state index in [2.05, 4.69) is 15.9 Å². The van der Waals surface area contributed by atoms with Gasteiger partial charge in [-0.2, -0.15) is 4.31 Å². The van der Waals surface area contributed by atoms with Crippen molar-refractivity contribution in [2.45, 2.75) is 36.9 Å². The van der Waals surface area contributed by atoms with E-state index in [4.69, 9.17) is 4.74 Å². The molecule has 0 bridgehead atoms. The number of halogens is 1. The average molecular weight is 486 g/mol. The normalized spacial score (nSPS) is 19.8. The number of benzene rings is 3. The van der Waals surface area contributed by atoms with Crippen molar-refractivity contribution in [2.24, 2.45) is 0 Å². The second-order valence-electron chi connectivity index (χ2n) is 7.61. The lowest BCUT2D eigenvalue weighted by atomic mass is 10.1. The minimum atomic E-state index is -3.70. The van der Waals surface area contributed by atoms with Crippen molar-refractivity contribution in [1.82, 2.24) is 4.31 Å². The van der Waals surface area contributed by atoms with Crippen LogP contribution in [0, 0.1) is 6.92 Å². The van der Waals surface area contributed by atoms with Gasteiger partial charge in [0, 0.05) is 10.9 Å². The fourth-order valence-electron chi connectivity index (χ4n) is 3.79. The summed E-state index contributed by atoms with van der Waals surface area (Å²) in [6, 6.07) is 24.7. The number of sulfonamides is 1. The molecule has 2 atom stereocenters. The lowest BCUT2D eigenvalue weighted by Gasteiger charge is -2.28. The third kappa shape index (κ3) is 4.67. The zero-order chi connectivity index (χ0) is 21.1. The molecule has 0 N–H and O–H groups in total. The second kappa shape index (κ2) is 9.02. The van der Waals surface area contributed by atoms with E-state index in [9.17, 15) is 8.42 Å². The second-order valence-corrected chi connectivity index (χ2v) is 10.4. The molecule has 4 nitrogen and oxygen atoms in total. The van der Waals surface area contributed by atoms with E-state index in [0.29, 0.717) is 24.3 Å². The summed E-state index contributed by atoms with van der Waals surface area (Å²) in [6.45, 7) is 2.32. The number of nitrogens with zero attached hydrogens (tertiary/aromatic N) is 1. The van der Waals surface area contributed by atoms with Gasteiger partial charge in [0.1, 0.15) is 6.23 Å². The van der Waals surface area contributed by atoms with Gasteiger partial charge in [0.25, 0.3) is 0 Å². The number of aryl methyl sites for hydroxylation is 1. The lowest BCUT2D eigenvalue weighted by Crippen LogP contribution is -2.43. The molecule has 1 heterocycles. The van der Waals surface area contributed by atoms with Gasteiger partial charge in [0.2, 0.25) is 10.0 Å². The summed E-state index contributed by atoms with van der Waals surface area (Å²) in [5, 5.41) is 0. The molecule has 1 fully saturated rings. The van der Waals surface area contributed by atoms with Gasteiger partial charge in [-0.05, 0) is 48.7 Å². The van der Waals surface area contributed by atoms with E-state index in [1.807, 2.05) is 73.7 Å². The summed E-state index contributed by atoms with van der Waals surface area (Å²) in [5.41, 5.74) is 3.16. The Bertz CT molecular complexity index is 1080. The van der Waals surface area contributed by atoms with Crippen molar-refractivity contribution in [2.75, 3.05) is 6.61 Å². The molecule has 0 radical (unpaired) electrons. The van der Waals surface area contributed by atoms with Crippen molar-refractivity contribution in [1.29, 1.82) is 0 Å². The largest absolute Gasteiger partial charge is 0.360 e. The van der Waals surface area contributed by atoms with Crippen LogP contribution in [0.2, 0.25) is 0 Å². The first kappa shape index (κ1) is 21.2. The maximum Gasteiger partial charge on any atom is 0.245 e. The molecule has 156 valence electrons. The van der Waals surface area contributed by atoms with Gasteiger partial charge < -0.3 is 4.74 Å². The van der Waals surface area contributed by atoms with E-state index >= 15 is 0 Å². The SMILES string of the molecule is Cc1ccc(S(=O)(=O)N2[C@@H](Cc3ccccc3)CO[C@H]2Cc2ccc(Br)cc2)cc1. The molecule has 0 amide bonds. The minimum absolute atomic E-state index is 0.251. The van der Waals surface area contributed by atoms with Crippen LogP contribution in [0.15, 0.2) is 88.2 Å². The van der Waals surface area contributed by atoms with Crippen LogP contribution < -0.4 is 0 Å². The average Bonchev–Trinajstić information content (AvgIpc) is 3.13. The summed E-state index contributed by atoms with van der Waals surface area (Å²) in [7, 11) is -3.70. The molecule has 4 rings (SSSR count). The van der Waals surface area contributed by atoms with Gasteiger partial charge in [0.05, 0.1) is 17.5 Å². The van der Waals surface area contributed by atoms with Crippen LogP contribution in [0.5, 0.6) is 0 Å². The fourth-order valence-corrected chi connectivity index (χ4v) is 5.75. The van der Waals surface area contributed by atoms with Crippen LogP contribution in [0.1, 0.15) is 16.7 Å². The van der Waals surface area contributed by atoms with Crippen LogP contribution in [0.4, 0.5) is 0 Å². The van der Waals surface area contributed by atoms with Gasteiger partial charge in [-0.15, -0.1) is 0 Å². The zero-order valence-electron chi connectivity index (χ0n) is 16.7.